The van der Waals surface area contributed by atoms with Crippen molar-refractivity contribution in [2.75, 3.05) is 40.9 Å². The molecule has 3 atom stereocenters. The van der Waals surface area contributed by atoms with Crippen molar-refractivity contribution in [3.05, 3.63) is 12.2 Å². The Labute approximate surface area is 252 Å². The Kier molecular flexibility index (Phi) is 25.2. The van der Waals surface area contributed by atoms with Gasteiger partial charge in [-0.2, -0.15) is 0 Å². The number of hydrogen-bond donors (Lipinski definition) is 3. The second-order valence-corrected chi connectivity index (χ2v) is 14.0. The lowest BCUT2D eigenvalue weighted by molar-refractivity contribution is -0.870. The van der Waals surface area contributed by atoms with E-state index in [2.05, 4.69) is 31.3 Å². The molecule has 0 fully saturated rings. The molecule has 0 aromatic carbocycles. The lowest BCUT2D eigenvalue weighted by Crippen LogP contribution is -2.46. The van der Waals surface area contributed by atoms with E-state index in [0.717, 1.165) is 51.4 Å². The topological polar surface area (TPSA) is 105 Å². The van der Waals surface area contributed by atoms with Crippen molar-refractivity contribution in [3.8, 4) is 0 Å². The molecule has 0 saturated carbocycles. The molecule has 0 aromatic heterocycles. The molecular formula is C32H66N2O6P+. The monoisotopic (exact) mass is 605 g/mol. The van der Waals surface area contributed by atoms with Crippen LogP contribution in [0.25, 0.3) is 0 Å². The molecule has 0 aromatic rings. The average Bonchev–Trinajstić information content (AvgIpc) is 2.90. The van der Waals surface area contributed by atoms with Gasteiger partial charge in [-0.3, -0.25) is 13.8 Å². The van der Waals surface area contributed by atoms with Crippen molar-refractivity contribution in [2.45, 2.75) is 148 Å². The zero-order valence-electron chi connectivity index (χ0n) is 27.3. The van der Waals surface area contributed by atoms with Gasteiger partial charge in [0.25, 0.3) is 0 Å². The third-order valence-corrected chi connectivity index (χ3v) is 8.25. The Morgan fingerprint density at radius 2 is 1.32 bits per heavy atom. The summed E-state index contributed by atoms with van der Waals surface area (Å²) in [6.07, 6.45) is 24.5. The second-order valence-electron chi connectivity index (χ2n) is 12.5. The van der Waals surface area contributed by atoms with Crippen LogP contribution in [0.2, 0.25) is 0 Å². The Morgan fingerprint density at radius 1 is 0.805 bits per heavy atom. The number of hydrogen-bond acceptors (Lipinski definition) is 5. The minimum Gasteiger partial charge on any atom is -0.391 e. The fraction of sp³-hybridized carbons (Fsp3) is 0.906. The Bertz CT molecular complexity index is 698. The van der Waals surface area contributed by atoms with Crippen molar-refractivity contribution < 1.29 is 32.9 Å². The first-order valence-electron chi connectivity index (χ1n) is 16.6. The van der Waals surface area contributed by atoms with Crippen LogP contribution in [0, 0.1) is 0 Å². The van der Waals surface area contributed by atoms with Crippen LogP contribution in [0.3, 0.4) is 0 Å². The van der Waals surface area contributed by atoms with Crippen LogP contribution >= 0.6 is 7.82 Å². The van der Waals surface area contributed by atoms with Crippen LogP contribution in [0.4, 0.5) is 0 Å². The molecule has 0 spiro atoms. The minimum absolute atomic E-state index is 0.0723. The molecule has 41 heavy (non-hydrogen) atoms. The SMILES string of the molecule is CCCCCCCCC/C=C\CCCCCCCC(=O)NC(COP(=O)(O)OCC[N+](C)(C)C)C(O)CCCCC. The summed E-state index contributed by atoms with van der Waals surface area (Å²) in [4.78, 5) is 22.6. The number of aliphatic hydroxyl groups excluding tert-OH is 1. The zero-order chi connectivity index (χ0) is 30.8. The van der Waals surface area contributed by atoms with Gasteiger partial charge in [0.05, 0.1) is 39.9 Å². The van der Waals surface area contributed by atoms with E-state index in [1.807, 2.05) is 21.1 Å². The molecule has 0 aliphatic carbocycles. The van der Waals surface area contributed by atoms with Gasteiger partial charge in [-0.15, -0.1) is 0 Å². The number of carbonyl (C=O) groups excluding carboxylic acids is 1. The number of likely N-dealkylation sites (N-methyl/N-ethyl adjacent to an activating group) is 1. The summed E-state index contributed by atoms with van der Waals surface area (Å²) >= 11 is 0. The maximum absolute atomic E-state index is 12.6. The molecule has 1 amide bonds. The van der Waals surface area contributed by atoms with E-state index in [0.29, 0.717) is 23.9 Å². The standard InChI is InChI=1S/C32H65N2O6P/c1-6-8-10-11-12-13-14-15-16-17-18-19-20-21-22-24-26-32(36)33-30(31(35)25-23-9-7-2)29-40-41(37,38)39-28-27-34(3,4)5/h16-17,30-31,35H,6-15,18-29H2,1-5H3,(H-,33,36,37,38)/p+1/b17-16-. The van der Waals surface area contributed by atoms with E-state index < -0.39 is 20.0 Å². The number of unbranched alkanes of at least 4 members (excludes halogenated alkanes) is 14. The molecule has 0 aliphatic rings. The number of phosphoric acid groups is 1. The van der Waals surface area contributed by atoms with Gasteiger partial charge in [-0.05, 0) is 38.5 Å². The normalized spacial score (nSPS) is 15.2. The summed E-state index contributed by atoms with van der Waals surface area (Å²) in [5.74, 6) is -0.167. The molecule has 3 N–H and O–H groups in total. The Balaban J connectivity index is 4.21. The fourth-order valence-corrected chi connectivity index (χ4v) is 5.24. The molecule has 8 nitrogen and oxygen atoms in total. The Morgan fingerprint density at radius 3 is 1.88 bits per heavy atom. The minimum atomic E-state index is -4.28. The van der Waals surface area contributed by atoms with Crippen LogP contribution in [0.1, 0.15) is 136 Å². The summed E-state index contributed by atoms with van der Waals surface area (Å²) < 4.78 is 23.2. The molecule has 0 bridgehead atoms. The molecule has 0 rings (SSSR count). The summed E-state index contributed by atoms with van der Waals surface area (Å²) in [6.45, 7) is 4.68. The number of rotatable bonds is 29. The summed E-state index contributed by atoms with van der Waals surface area (Å²) in [5, 5.41) is 13.5. The van der Waals surface area contributed by atoms with E-state index in [1.165, 1.54) is 57.8 Å². The van der Waals surface area contributed by atoms with E-state index >= 15 is 0 Å². The third-order valence-electron chi connectivity index (χ3n) is 7.26. The van der Waals surface area contributed by atoms with Crippen molar-refractivity contribution in [3.63, 3.8) is 0 Å². The van der Waals surface area contributed by atoms with Gasteiger partial charge in [0.2, 0.25) is 5.91 Å². The number of amides is 1. The summed E-state index contributed by atoms with van der Waals surface area (Å²) in [6, 6.07) is -0.755. The predicted octanol–water partition coefficient (Wildman–Crippen LogP) is 7.68. The van der Waals surface area contributed by atoms with E-state index in [4.69, 9.17) is 9.05 Å². The van der Waals surface area contributed by atoms with Crippen LogP contribution in [-0.4, -0.2) is 73.4 Å². The van der Waals surface area contributed by atoms with Crippen molar-refractivity contribution in [1.82, 2.24) is 5.32 Å². The molecule has 9 heteroatoms. The van der Waals surface area contributed by atoms with Crippen molar-refractivity contribution in [1.29, 1.82) is 0 Å². The molecule has 244 valence electrons. The predicted molar refractivity (Wildman–Crippen MR) is 171 cm³/mol. The zero-order valence-corrected chi connectivity index (χ0v) is 28.2. The van der Waals surface area contributed by atoms with Crippen molar-refractivity contribution in [2.24, 2.45) is 0 Å². The Hall–Kier alpha value is -0.760. The first-order valence-corrected chi connectivity index (χ1v) is 18.0. The lowest BCUT2D eigenvalue weighted by Gasteiger charge is -2.26. The highest BCUT2D eigenvalue weighted by Crippen LogP contribution is 2.43. The van der Waals surface area contributed by atoms with Gasteiger partial charge < -0.3 is 19.8 Å². The van der Waals surface area contributed by atoms with Crippen LogP contribution < -0.4 is 5.32 Å². The summed E-state index contributed by atoms with van der Waals surface area (Å²) in [5.41, 5.74) is 0. The van der Waals surface area contributed by atoms with Crippen LogP contribution in [0.15, 0.2) is 12.2 Å². The number of nitrogens with zero attached hydrogens (tertiary/aromatic N) is 1. The molecule has 3 unspecified atom stereocenters. The first kappa shape index (κ1) is 40.2. The number of quaternary nitrogens is 1. The largest absolute Gasteiger partial charge is 0.472 e. The molecular weight excluding hydrogens is 539 g/mol. The van der Waals surface area contributed by atoms with Crippen LogP contribution in [0.5, 0.6) is 0 Å². The smallest absolute Gasteiger partial charge is 0.391 e. The van der Waals surface area contributed by atoms with E-state index in [1.54, 1.807) is 0 Å². The number of carbonyl (C=O) groups is 1. The number of aliphatic hydroxyl groups is 1. The second kappa shape index (κ2) is 25.7. The van der Waals surface area contributed by atoms with Gasteiger partial charge in [-0.25, -0.2) is 4.57 Å². The number of allylic oxidation sites excluding steroid dienone is 2. The third kappa shape index (κ3) is 27.8. The summed E-state index contributed by atoms with van der Waals surface area (Å²) in [7, 11) is 1.60. The van der Waals surface area contributed by atoms with E-state index in [-0.39, 0.29) is 19.1 Å². The van der Waals surface area contributed by atoms with Crippen molar-refractivity contribution >= 4 is 13.7 Å². The molecule has 0 heterocycles. The highest BCUT2D eigenvalue weighted by Gasteiger charge is 2.28. The van der Waals surface area contributed by atoms with Gasteiger partial charge in [-0.1, -0.05) is 103 Å². The van der Waals surface area contributed by atoms with Gasteiger partial charge in [0.15, 0.2) is 0 Å². The highest BCUT2D eigenvalue weighted by molar-refractivity contribution is 7.47. The maximum Gasteiger partial charge on any atom is 0.472 e. The average molecular weight is 606 g/mol. The molecule has 0 radical (unpaired) electrons. The lowest BCUT2D eigenvalue weighted by atomic mass is 10.0. The van der Waals surface area contributed by atoms with Crippen LogP contribution in [-0.2, 0) is 18.4 Å². The number of phosphoric ester groups is 1. The van der Waals surface area contributed by atoms with Gasteiger partial charge in [0, 0.05) is 6.42 Å². The maximum atomic E-state index is 12.6. The highest BCUT2D eigenvalue weighted by atomic mass is 31.2. The van der Waals surface area contributed by atoms with Gasteiger partial charge in [0.1, 0.15) is 13.2 Å². The van der Waals surface area contributed by atoms with E-state index in [9.17, 15) is 19.4 Å². The molecule has 0 aliphatic heterocycles. The number of nitrogens with one attached hydrogen (secondary N) is 1. The van der Waals surface area contributed by atoms with Gasteiger partial charge >= 0.3 is 7.82 Å². The molecule has 0 saturated heterocycles. The fourth-order valence-electron chi connectivity index (χ4n) is 4.51. The quantitative estimate of drug-likeness (QED) is 0.0350. The first-order chi connectivity index (χ1) is 19.5.